The number of aromatic amines is 2. The van der Waals surface area contributed by atoms with Gasteiger partial charge in [-0.2, -0.15) is 0 Å². The molecule has 0 unspecified atom stereocenters. The lowest BCUT2D eigenvalue weighted by Crippen LogP contribution is -2.26. The predicted octanol–water partition coefficient (Wildman–Crippen LogP) is 8.88. The molecule has 2 aromatic heterocycles. The van der Waals surface area contributed by atoms with E-state index in [9.17, 15) is 4.79 Å². The highest BCUT2D eigenvalue weighted by atomic mass is 16.5. The number of benzene rings is 4. The third-order valence-corrected chi connectivity index (χ3v) is 7.38. The highest BCUT2D eigenvalue weighted by Gasteiger charge is 2.28. The van der Waals surface area contributed by atoms with E-state index in [0.29, 0.717) is 6.61 Å². The summed E-state index contributed by atoms with van der Waals surface area (Å²) in [5.41, 5.74) is 7.67. The van der Waals surface area contributed by atoms with Crippen LogP contribution in [0.1, 0.15) is 52.7 Å². The first-order valence-electron chi connectivity index (χ1n) is 14.1. The SMILES string of the molecule is CC(C)(C)c1ccc2c([nH]c3ccccc32)c1C(C)(C)C.O=C(O)NCCOc1cccc2c1[nH]c1ccccc12. The number of carbonyl (C=O) groups is 1. The van der Waals surface area contributed by atoms with Crippen molar-refractivity contribution >= 4 is 49.7 Å². The zero-order valence-electron chi connectivity index (χ0n) is 24.7. The maximum Gasteiger partial charge on any atom is 0.404 e. The van der Waals surface area contributed by atoms with E-state index >= 15 is 0 Å². The maximum atomic E-state index is 10.4. The fraction of sp³-hybridized carbons (Fsp3) is 0.286. The van der Waals surface area contributed by atoms with Crippen molar-refractivity contribution in [3.8, 4) is 5.75 Å². The summed E-state index contributed by atoms with van der Waals surface area (Å²) in [6.45, 7) is 14.4. The lowest BCUT2D eigenvalue weighted by Gasteiger charge is -2.30. The van der Waals surface area contributed by atoms with Gasteiger partial charge in [-0.15, -0.1) is 0 Å². The molecule has 0 saturated carbocycles. The fourth-order valence-electron chi connectivity index (χ4n) is 5.61. The Balaban J connectivity index is 0.000000165. The Kier molecular flexibility index (Phi) is 7.43. The Bertz CT molecular complexity index is 1850. The molecule has 4 aromatic carbocycles. The van der Waals surface area contributed by atoms with Crippen molar-refractivity contribution in [1.82, 2.24) is 15.3 Å². The van der Waals surface area contributed by atoms with Gasteiger partial charge < -0.3 is 25.1 Å². The minimum absolute atomic E-state index is 0.114. The zero-order valence-corrected chi connectivity index (χ0v) is 24.7. The van der Waals surface area contributed by atoms with Gasteiger partial charge in [0, 0.05) is 32.6 Å². The first kappa shape index (κ1) is 28.1. The second kappa shape index (κ2) is 10.8. The number of hydrogen-bond acceptors (Lipinski definition) is 2. The van der Waals surface area contributed by atoms with Crippen LogP contribution in [0.25, 0.3) is 43.6 Å². The standard InChI is InChI=1S/C20H25N.C15H14N2O3/c1-19(2,3)15-12-11-14-13-9-7-8-10-16(13)21-18(14)17(15)20(4,5)6;18-15(19)16-8-9-20-13-7-3-5-11-10-4-1-2-6-12(10)17-14(11)13/h7-12,21H,1-6H3;1-7,16-17H,8-9H2,(H,18,19). The van der Waals surface area contributed by atoms with Crippen molar-refractivity contribution < 1.29 is 14.6 Å². The number of carboxylic acid groups (broad SMARTS) is 1. The van der Waals surface area contributed by atoms with E-state index in [2.05, 4.69) is 99.3 Å². The summed E-state index contributed by atoms with van der Waals surface area (Å²) in [4.78, 5) is 17.4. The first-order chi connectivity index (χ1) is 19.4. The highest BCUT2D eigenvalue weighted by Crippen LogP contribution is 2.40. The number of rotatable bonds is 4. The van der Waals surface area contributed by atoms with Gasteiger partial charge in [-0.3, -0.25) is 0 Å². The Morgan fingerprint density at radius 2 is 1.27 bits per heavy atom. The molecular formula is C35H39N3O3. The Morgan fingerprint density at radius 1 is 0.707 bits per heavy atom. The molecule has 0 aliphatic rings. The van der Waals surface area contributed by atoms with Crippen LogP contribution in [-0.4, -0.2) is 34.3 Å². The molecule has 0 aliphatic carbocycles. The van der Waals surface area contributed by atoms with Gasteiger partial charge in [-0.1, -0.05) is 102 Å². The van der Waals surface area contributed by atoms with Crippen molar-refractivity contribution in [3.05, 3.63) is 90.0 Å². The van der Waals surface area contributed by atoms with Crippen molar-refractivity contribution in [2.45, 2.75) is 52.4 Å². The van der Waals surface area contributed by atoms with Crippen molar-refractivity contribution in [3.63, 3.8) is 0 Å². The molecular weight excluding hydrogens is 510 g/mol. The number of nitrogens with one attached hydrogen (secondary N) is 3. The molecule has 0 atom stereocenters. The molecule has 0 radical (unpaired) electrons. The Labute approximate surface area is 240 Å². The summed E-state index contributed by atoms with van der Waals surface area (Å²) in [5, 5.41) is 15.7. The monoisotopic (exact) mass is 549 g/mol. The molecule has 6 nitrogen and oxygen atoms in total. The summed E-state index contributed by atoms with van der Waals surface area (Å²) in [5.74, 6) is 0.728. The number of amides is 1. The molecule has 0 aliphatic heterocycles. The maximum absolute atomic E-state index is 10.4. The van der Waals surface area contributed by atoms with Crippen molar-refractivity contribution in [1.29, 1.82) is 0 Å². The second-order valence-electron chi connectivity index (χ2n) is 12.5. The number of H-pyrrole nitrogens is 2. The Hall–Kier alpha value is -4.45. The Morgan fingerprint density at radius 3 is 1.85 bits per heavy atom. The molecule has 0 bridgehead atoms. The van der Waals surface area contributed by atoms with E-state index in [1.807, 2.05) is 36.4 Å². The number of fused-ring (bicyclic) bond motifs is 6. The van der Waals surface area contributed by atoms with Crippen LogP contribution in [0.2, 0.25) is 0 Å². The third kappa shape index (κ3) is 5.73. The molecule has 41 heavy (non-hydrogen) atoms. The molecule has 6 aromatic rings. The second-order valence-corrected chi connectivity index (χ2v) is 12.5. The lowest BCUT2D eigenvalue weighted by molar-refractivity contribution is 0.191. The van der Waals surface area contributed by atoms with Gasteiger partial charge >= 0.3 is 6.09 Å². The average Bonchev–Trinajstić information content (AvgIpc) is 3.48. The van der Waals surface area contributed by atoms with E-state index in [0.717, 1.165) is 27.6 Å². The van der Waals surface area contributed by atoms with Crippen LogP contribution >= 0.6 is 0 Å². The third-order valence-electron chi connectivity index (χ3n) is 7.38. The van der Waals surface area contributed by atoms with E-state index in [-0.39, 0.29) is 17.4 Å². The van der Waals surface area contributed by atoms with Crippen LogP contribution in [0, 0.1) is 0 Å². The summed E-state index contributed by atoms with van der Waals surface area (Å²) in [6, 6.07) is 27.1. The van der Waals surface area contributed by atoms with E-state index in [1.54, 1.807) is 0 Å². The quantitative estimate of drug-likeness (QED) is 0.166. The average molecular weight is 550 g/mol. The number of ether oxygens (including phenoxy) is 1. The minimum atomic E-state index is -1.04. The molecule has 6 heteroatoms. The van der Waals surface area contributed by atoms with E-state index in [1.165, 1.54) is 32.9 Å². The first-order valence-corrected chi connectivity index (χ1v) is 14.1. The zero-order chi connectivity index (χ0) is 29.4. The number of aromatic nitrogens is 2. The lowest BCUT2D eigenvalue weighted by atomic mass is 9.74. The van der Waals surface area contributed by atoms with Crippen LogP contribution in [0.15, 0.2) is 78.9 Å². The normalized spacial score (nSPS) is 12.0. The van der Waals surface area contributed by atoms with Crippen LogP contribution < -0.4 is 10.1 Å². The summed E-state index contributed by atoms with van der Waals surface area (Å²) >= 11 is 0. The molecule has 0 saturated heterocycles. The van der Waals surface area contributed by atoms with Crippen LogP contribution in [-0.2, 0) is 10.8 Å². The van der Waals surface area contributed by atoms with Crippen LogP contribution in [0.4, 0.5) is 4.79 Å². The van der Waals surface area contributed by atoms with Gasteiger partial charge in [0.15, 0.2) is 0 Å². The summed E-state index contributed by atoms with van der Waals surface area (Å²) in [7, 11) is 0. The molecule has 6 rings (SSSR count). The van der Waals surface area contributed by atoms with Crippen molar-refractivity contribution in [2.24, 2.45) is 0 Å². The highest BCUT2D eigenvalue weighted by molar-refractivity contribution is 6.09. The molecule has 212 valence electrons. The molecule has 2 heterocycles. The minimum Gasteiger partial charge on any atom is -0.490 e. The van der Waals surface area contributed by atoms with Gasteiger partial charge in [0.1, 0.15) is 12.4 Å². The molecule has 4 N–H and O–H groups in total. The van der Waals surface area contributed by atoms with Gasteiger partial charge in [0.25, 0.3) is 0 Å². The molecule has 0 spiro atoms. The van der Waals surface area contributed by atoms with Gasteiger partial charge in [0.2, 0.25) is 0 Å². The van der Waals surface area contributed by atoms with Crippen molar-refractivity contribution in [2.75, 3.05) is 13.2 Å². The van der Waals surface area contributed by atoms with Gasteiger partial charge in [0.05, 0.1) is 17.6 Å². The molecule has 1 amide bonds. The van der Waals surface area contributed by atoms with Crippen LogP contribution in [0.5, 0.6) is 5.75 Å². The van der Waals surface area contributed by atoms with Gasteiger partial charge in [-0.05, 0) is 40.2 Å². The summed E-state index contributed by atoms with van der Waals surface area (Å²) in [6.07, 6.45) is -1.04. The van der Waals surface area contributed by atoms with E-state index in [4.69, 9.17) is 9.84 Å². The molecule has 0 fully saturated rings. The van der Waals surface area contributed by atoms with E-state index < -0.39 is 6.09 Å². The predicted molar refractivity (Wildman–Crippen MR) is 171 cm³/mol. The number of hydrogen-bond donors (Lipinski definition) is 4. The van der Waals surface area contributed by atoms with Crippen LogP contribution in [0.3, 0.4) is 0 Å². The fourth-order valence-corrected chi connectivity index (χ4v) is 5.61. The smallest absolute Gasteiger partial charge is 0.404 e. The number of para-hydroxylation sites is 3. The summed E-state index contributed by atoms with van der Waals surface area (Å²) < 4.78 is 5.64. The largest absolute Gasteiger partial charge is 0.490 e. The van der Waals surface area contributed by atoms with Gasteiger partial charge in [-0.25, -0.2) is 4.79 Å². The topological polar surface area (TPSA) is 90.1 Å².